The van der Waals surface area contributed by atoms with Crippen molar-refractivity contribution in [3.63, 3.8) is 0 Å². The number of nitrogens with zero attached hydrogens (tertiary/aromatic N) is 2. The maximum atomic E-state index is 5.83. The van der Waals surface area contributed by atoms with Crippen LogP contribution in [0.3, 0.4) is 0 Å². The SMILES string of the molecule is Clc1cc(Nc2ccc(Nc3ccccc3)cc2)ncn1. The Hall–Kier alpha value is -2.59. The Labute approximate surface area is 127 Å². The van der Waals surface area contributed by atoms with E-state index in [1.54, 1.807) is 6.07 Å². The highest BCUT2D eigenvalue weighted by atomic mass is 35.5. The van der Waals surface area contributed by atoms with E-state index < -0.39 is 0 Å². The number of rotatable bonds is 4. The van der Waals surface area contributed by atoms with E-state index in [1.165, 1.54) is 6.33 Å². The van der Waals surface area contributed by atoms with Crippen molar-refractivity contribution in [2.75, 3.05) is 10.6 Å². The number of para-hydroxylation sites is 1. The third-order valence-corrected chi connectivity index (χ3v) is 3.06. The van der Waals surface area contributed by atoms with Crippen molar-refractivity contribution in [2.45, 2.75) is 0 Å². The minimum atomic E-state index is 0.412. The predicted molar refractivity (Wildman–Crippen MR) is 86.5 cm³/mol. The topological polar surface area (TPSA) is 49.8 Å². The molecule has 5 heteroatoms. The van der Waals surface area contributed by atoms with Gasteiger partial charge in [0.15, 0.2) is 0 Å². The summed E-state index contributed by atoms with van der Waals surface area (Å²) in [6.07, 6.45) is 1.43. The summed E-state index contributed by atoms with van der Waals surface area (Å²) in [5.74, 6) is 0.666. The van der Waals surface area contributed by atoms with Crippen molar-refractivity contribution in [2.24, 2.45) is 0 Å². The molecule has 0 aliphatic heterocycles. The van der Waals surface area contributed by atoms with Crippen molar-refractivity contribution < 1.29 is 0 Å². The lowest BCUT2D eigenvalue weighted by Crippen LogP contribution is -1.95. The lowest BCUT2D eigenvalue weighted by Gasteiger charge is -2.09. The van der Waals surface area contributed by atoms with Gasteiger partial charge in [-0.25, -0.2) is 9.97 Å². The van der Waals surface area contributed by atoms with E-state index in [0.717, 1.165) is 17.1 Å². The maximum absolute atomic E-state index is 5.83. The molecule has 1 heterocycles. The van der Waals surface area contributed by atoms with Crippen LogP contribution in [0.15, 0.2) is 67.0 Å². The fraction of sp³-hybridized carbons (Fsp3) is 0. The standard InChI is InChI=1S/C16H13ClN4/c17-15-10-16(19-11-18-15)21-14-8-6-13(7-9-14)20-12-4-2-1-3-5-12/h1-11,20H,(H,18,19,21). The van der Waals surface area contributed by atoms with Gasteiger partial charge in [0.05, 0.1) is 0 Å². The normalized spacial score (nSPS) is 10.1. The molecule has 104 valence electrons. The third kappa shape index (κ3) is 3.70. The molecule has 0 spiro atoms. The number of aromatic nitrogens is 2. The molecule has 0 saturated heterocycles. The summed E-state index contributed by atoms with van der Waals surface area (Å²) in [5, 5.41) is 6.91. The first-order chi connectivity index (χ1) is 10.3. The van der Waals surface area contributed by atoms with Crippen LogP contribution >= 0.6 is 11.6 Å². The van der Waals surface area contributed by atoms with Gasteiger partial charge in [0.25, 0.3) is 0 Å². The zero-order valence-corrected chi connectivity index (χ0v) is 11.9. The van der Waals surface area contributed by atoms with Crippen LogP contribution in [0, 0.1) is 0 Å². The Bertz CT molecular complexity index is 714. The molecule has 4 nitrogen and oxygen atoms in total. The van der Waals surface area contributed by atoms with Crippen LogP contribution in [0.1, 0.15) is 0 Å². The van der Waals surface area contributed by atoms with Gasteiger partial charge in [-0.2, -0.15) is 0 Å². The van der Waals surface area contributed by atoms with Crippen LogP contribution < -0.4 is 10.6 Å². The van der Waals surface area contributed by atoms with E-state index in [-0.39, 0.29) is 0 Å². The number of anilines is 4. The molecule has 1 aromatic heterocycles. The highest BCUT2D eigenvalue weighted by molar-refractivity contribution is 6.29. The first kappa shape index (κ1) is 13.4. The Kier molecular flexibility index (Phi) is 3.98. The molecule has 0 radical (unpaired) electrons. The predicted octanol–water partition coefficient (Wildman–Crippen LogP) is 4.62. The van der Waals surface area contributed by atoms with Crippen LogP contribution in [-0.4, -0.2) is 9.97 Å². The van der Waals surface area contributed by atoms with Gasteiger partial charge in [0.2, 0.25) is 0 Å². The van der Waals surface area contributed by atoms with E-state index in [9.17, 15) is 0 Å². The van der Waals surface area contributed by atoms with Crippen molar-refractivity contribution in [1.29, 1.82) is 0 Å². The zero-order valence-electron chi connectivity index (χ0n) is 11.1. The smallest absolute Gasteiger partial charge is 0.135 e. The second-order valence-corrected chi connectivity index (χ2v) is 4.81. The molecule has 0 unspecified atom stereocenters. The summed E-state index contributed by atoms with van der Waals surface area (Å²) in [6, 6.07) is 19.7. The molecule has 3 rings (SSSR count). The molecule has 0 bridgehead atoms. The summed E-state index contributed by atoms with van der Waals surface area (Å²) < 4.78 is 0. The molecular formula is C16H13ClN4. The van der Waals surface area contributed by atoms with Gasteiger partial charge >= 0.3 is 0 Å². The van der Waals surface area contributed by atoms with E-state index >= 15 is 0 Å². The Morgan fingerprint density at radius 3 is 2.00 bits per heavy atom. The number of hydrogen-bond acceptors (Lipinski definition) is 4. The molecule has 0 saturated carbocycles. The van der Waals surface area contributed by atoms with Crippen molar-refractivity contribution in [3.8, 4) is 0 Å². The van der Waals surface area contributed by atoms with E-state index in [2.05, 4.69) is 20.6 Å². The van der Waals surface area contributed by atoms with Gasteiger partial charge < -0.3 is 10.6 Å². The summed E-state index contributed by atoms with van der Waals surface area (Å²) in [4.78, 5) is 7.95. The molecule has 3 aromatic rings. The number of benzene rings is 2. The van der Waals surface area contributed by atoms with Crippen LogP contribution in [0.25, 0.3) is 0 Å². The van der Waals surface area contributed by atoms with Gasteiger partial charge in [0.1, 0.15) is 17.3 Å². The first-order valence-electron chi connectivity index (χ1n) is 6.46. The van der Waals surface area contributed by atoms with Gasteiger partial charge in [-0.15, -0.1) is 0 Å². The van der Waals surface area contributed by atoms with Crippen LogP contribution in [-0.2, 0) is 0 Å². The highest BCUT2D eigenvalue weighted by Crippen LogP contribution is 2.21. The average Bonchev–Trinajstić information content (AvgIpc) is 2.50. The second kappa shape index (κ2) is 6.24. The lowest BCUT2D eigenvalue weighted by molar-refractivity contribution is 1.17. The van der Waals surface area contributed by atoms with E-state index in [0.29, 0.717) is 11.0 Å². The molecule has 2 N–H and O–H groups in total. The molecule has 0 aliphatic rings. The number of hydrogen-bond donors (Lipinski definition) is 2. The van der Waals surface area contributed by atoms with Crippen molar-refractivity contribution >= 4 is 34.5 Å². The summed E-state index contributed by atoms with van der Waals surface area (Å²) in [6.45, 7) is 0. The first-order valence-corrected chi connectivity index (χ1v) is 6.84. The molecule has 0 fully saturated rings. The molecule has 21 heavy (non-hydrogen) atoms. The molecule has 0 atom stereocenters. The van der Waals surface area contributed by atoms with Crippen LogP contribution in [0.4, 0.5) is 22.9 Å². The quantitative estimate of drug-likeness (QED) is 0.690. The van der Waals surface area contributed by atoms with Gasteiger partial charge in [0, 0.05) is 23.1 Å². The monoisotopic (exact) mass is 296 g/mol. The number of halogens is 1. The summed E-state index contributed by atoms with van der Waals surface area (Å²) in [7, 11) is 0. The Balaban J connectivity index is 1.69. The zero-order chi connectivity index (χ0) is 14.5. The van der Waals surface area contributed by atoms with Crippen molar-refractivity contribution in [1.82, 2.24) is 9.97 Å². The van der Waals surface area contributed by atoms with Gasteiger partial charge in [-0.3, -0.25) is 0 Å². The molecule has 2 aromatic carbocycles. The summed E-state index contributed by atoms with van der Waals surface area (Å²) >= 11 is 5.83. The third-order valence-electron chi connectivity index (χ3n) is 2.85. The van der Waals surface area contributed by atoms with Crippen molar-refractivity contribution in [3.05, 3.63) is 72.1 Å². The lowest BCUT2D eigenvalue weighted by atomic mass is 10.2. The Morgan fingerprint density at radius 1 is 0.714 bits per heavy atom. The van der Waals surface area contributed by atoms with Crippen LogP contribution in [0.2, 0.25) is 5.15 Å². The average molecular weight is 297 g/mol. The second-order valence-electron chi connectivity index (χ2n) is 4.42. The van der Waals surface area contributed by atoms with E-state index in [1.807, 2.05) is 54.6 Å². The fourth-order valence-corrected chi connectivity index (χ4v) is 2.02. The number of nitrogens with one attached hydrogen (secondary N) is 2. The maximum Gasteiger partial charge on any atom is 0.135 e. The van der Waals surface area contributed by atoms with Gasteiger partial charge in [-0.05, 0) is 36.4 Å². The molecule has 0 amide bonds. The molecule has 0 aliphatic carbocycles. The minimum Gasteiger partial charge on any atom is -0.356 e. The largest absolute Gasteiger partial charge is 0.356 e. The highest BCUT2D eigenvalue weighted by Gasteiger charge is 1.99. The van der Waals surface area contributed by atoms with E-state index in [4.69, 9.17) is 11.6 Å². The Morgan fingerprint density at radius 2 is 1.33 bits per heavy atom. The minimum absolute atomic E-state index is 0.412. The molecular weight excluding hydrogens is 284 g/mol. The van der Waals surface area contributed by atoms with Gasteiger partial charge in [-0.1, -0.05) is 29.8 Å². The fourth-order valence-electron chi connectivity index (χ4n) is 1.87. The summed E-state index contributed by atoms with van der Waals surface area (Å²) in [5.41, 5.74) is 3.01. The van der Waals surface area contributed by atoms with Crippen LogP contribution in [0.5, 0.6) is 0 Å².